The van der Waals surface area contributed by atoms with Crippen molar-refractivity contribution in [1.82, 2.24) is 0 Å². The molecule has 7 heteroatoms. The molecule has 106 valence electrons. The van der Waals surface area contributed by atoms with Crippen LogP contribution in [0.1, 0.15) is 0 Å². The number of halogens is 2. The van der Waals surface area contributed by atoms with E-state index in [1.807, 2.05) is 0 Å². The van der Waals surface area contributed by atoms with Crippen molar-refractivity contribution in [2.45, 2.75) is 0 Å². The standard InChI is InChI=1S/C14H9Cl2N3O2/c15-8-4-3-5-9(16)12(8)13-14(17)19(21)11-7-2-1-6-10(11)18(13)20/h1-7H,17H2. The molecule has 0 saturated heterocycles. The molecule has 0 unspecified atom stereocenters. The minimum Gasteiger partial charge on any atom is -0.710 e. The molecular formula is C14H9Cl2N3O2. The molecule has 3 aromatic rings. The third-order valence-corrected chi connectivity index (χ3v) is 3.81. The van der Waals surface area contributed by atoms with E-state index in [-0.39, 0.29) is 38.2 Å². The Bertz CT molecular complexity index is 848. The SMILES string of the molecule is Nc1c(-c2c(Cl)cccc2Cl)[n+]([O-])c2ccccc2[n+]1[O-]. The minimum absolute atomic E-state index is 0.0562. The third-order valence-electron chi connectivity index (χ3n) is 3.18. The summed E-state index contributed by atoms with van der Waals surface area (Å²) in [5.74, 6) is -0.251. The molecule has 0 atom stereocenters. The van der Waals surface area contributed by atoms with Crippen LogP contribution in [0, 0.1) is 10.4 Å². The number of nitrogens with two attached hydrogens (primary N) is 1. The number of hydrogen-bond acceptors (Lipinski definition) is 3. The first-order chi connectivity index (χ1) is 10.0. The van der Waals surface area contributed by atoms with E-state index in [0.29, 0.717) is 9.46 Å². The van der Waals surface area contributed by atoms with Gasteiger partial charge in [0, 0.05) is 6.07 Å². The fourth-order valence-corrected chi connectivity index (χ4v) is 2.79. The molecule has 0 spiro atoms. The average molecular weight is 322 g/mol. The zero-order valence-corrected chi connectivity index (χ0v) is 12.1. The van der Waals surface area contributed by atoms with Crippen LogP contribution in [0.25, 0.3) is 22.3 Å². The fourth-order valence-electron chi connectivity index (χ4n) is 2.21. The molecule has 0 aliphatic carbocycles. The number of hydrogen-bond donors (Lipinski definition) is 1. The second kappa shape index (κ2) is 4.95. The Morgan fingerprint density at radius 3 is 1.90 bits per heavy atom. The van der Waals surface area contributed by atoms with Gasteiger partial charge in [-0.1, -0.05) is 41.4 Å². The Kier molecular flexibility index (Phi) is 3.23. The molecular weight excluding hydrogens is 313 g/mol. The van der Waals surface area contributed by atoms with Crippen molar-refractivity contribution in [3.05, 3.63) is 62.9 Å². The van der Waals surface area contributed by atoms with Crippen molar-refractivity contribution < 1.29 is 9.46 Å². The van der Waals surface area contributed by atoms with Gasteiger partial charge in [-0.05, 0) is 18.2 Å². The van der Waals surface area contributed by atoms with Crippen LogP contribution >= 0.6 is 23.2 Å². The normalized spacial score (nSPS) is 11.0. The van der Waals surface area contributed by atoms with Gasteiger partial charge in [0.2, 0.25) is 5.52 Å². The molecule has 0 aliphatic heterocycles. The summed E-state index contributed by atoms with van der Waals surface area (Å²) >= 11 is 12.2. The summed E-state index contributed by atoms with van der Waals surface area (Å²) < 4.78 is 1.07. The lowest BCUT2D eigenvalue weighted by Crippen LogP contribution is -2.43. The average Bonchev–Trinajstić information content (AvgIpc) is 2.48. The molecule has 2 N–H and O–H groups in total. The lowest BCUT2D eigenvalue weighted by Gasteiger charge is -2.14. The Morgan fingerprint density at radius 1 is 0.810 bits per heavy atom. The van der Waals surface area contributed by atoms with Crippen molar-refractivity contribution in [2.24, 2.45) is 0 Å². The molecule has 2 aromatic carbocycles. The second-order valence-electron chi connectivity index (χ2n) is 4.41. The molecule has 3 rings (SSSR count). The first-order valence-electron chi connectivity index (χ1n) is 6.00. The van der Waals surface area contributed by atoms with Crippen LogP contribution in [0.15, 0.2) is 42.5 Å². The Balaban J connectivity index is 2.49. The molecule has 1 heterocycles. The van der Waals surface area contributed by atoms with E-state index in [2.05, 4.69) is 0 Å². The first-order valence-corrected chi connectivity index (χ1v) is 6.75. The highest BCUT2D eigenvalue weighted by molar-refractivity contribution is 6.39. The minimum atomic E-state index is -0.251. The Hall–Kier alpha value is -2.24. The van der Waals surface area contributed by atoms with Crippen LogP contribution in [0.3, 0.4) is 0 Å². The van der Waals surface area contributed by atoms with Gasteiger partial charge < -0.3 is 10.4 Å². The zero-order chi connectivity index (χ0) is 15.1. The Morgan fingerprint density at radius 2 is 1.33 bits per heavy atom. The van der Waals surface area contributed by atoms with E-state index in [1.165, 1.54) is 12.1 Å². The summed E-state index contributed by atoms with van der Waals surface area (Å²) in [5.41, 5.74) is 6.38. The van der Waals surface area contributed by atoms with Gasteiger partial charge in [-0.15, -0.1) is 0 Å². The maximum Gasteiger partial charge on any atom is 0.351 e. The predicted molar refractivity (Wildman–Crippen MR) is 81.7 cm³/mol. The molecule has 21 heavy (non-hydrogen) atoms. The van der Waals surface area contributed by atoms with Crippen LogP contribution in [0.2, 0.25) is 10.0 Å². The summed E-state index contributed by atoms with van der Waals surface area (Å²) in [6.07, 6.45) is 0. The lowest BCUT2D eigenvalue weighted by atomic mass is 10.1. The van der Waals surface area contributed by atoms with Crippen LogP contribution < -0.4 is 15.2 Å². The highest BCUT2D eigenvalue weighted by Crippen LogP contribution is 2.35. The largest absolute Gasteiger partial charge is 0.710 e. The van der Waals surface area contributed by atoms with Crippen molar-refractivity contribution >= 4 is 40.1 Å². The summed E-state index contributed by atoms with van der Waals surface area (Å²) in [5, 5.41) is 25.3. The van der Waals surface area contributed by atoms with Crippen LogP contribution in [-0.2, 0) is 0 Å². The van der Waals surface area contributed by atoms with Gasteiger partial charge in [0.1, 0.15) is 0 Å². The van der Waals surface area contributed by atoms with Gasteiger partial charge in [0.05, 0.1) is 15.6 Å². The fraction of sp³-hybridized carbons (Fsp3) is 0. The topological polar surface area (TPSA) is 79.9 Å². The van der Waals surface area contributed by atoms with Crippen molar-refractivity contribution in [3.8, 4) is 11.3 Å². The van der Waals surface area contributed by atoms with Gasteiger partial charge >= 0.3 is 11.5 Å². The van der Waals surface area contributed by atoms with Crippen molar-refractivity contribution in [3.63, 3.8) is 0 Å². The van der Waals surface area contributed by atoms with Gasteiger partial charge in [-0.25, -0.2) is 4.73 Å². The number of nitrogen functional groups attached to an aromatic ring is 1. The third kappa shape index (κ3) is 2.02. The molecule has 0 bridgehead atoms. The van der Waals surface area contributed by atoms with Crippen molar-refractivity contribution in [1.29, 1.82) is 0 Å². The van der Waals surface area contributed by atoms with E-state index >= 15 is 0 Å². The molecule has 0 saturated carbocycles. The van der Waals surface area contributed by atoms with Gasteiger partial charge in [-0.3, -0.25) is 5.73 Å². The summed E-state index contributed by atoms with van der Waals surface area (Å²) in [4.78, 5) is 0. The number of para-hydroxylation sites is 2. The molecule has 0 amide bonds. The number of aromatic nitrogens is 2. The van der Waals surface area contributed by atoms with E-state index in [1.54, 1.807) is 30.3 Å². The molecule has 5 nitrogen and oxygen atoms in total. The van der Waals surface area contributed by atoms with Crippen molar-refractivity contribution in [2.75, 3.05) is 5.73 Å². The summed E-state index contributed by atoms with van der Waals surface area (Å²) in [7, 11) is 0. The second-order valence-corrected chi connectivity index (χ2v) is 5.22. The Labute approximate surface area is 129 Å². The number of anilines is 1. The number of nitrogens with zero attached hydrogens (tertiary/aromatic N) is 2. The van der Waals surface area contributed by atoms with Crippen LogP contribution in [0.4, 0.5) is 5.82 Å². The quantitative estimate of drug-likeness (QED) is 0.552. The van der Waals surface area contributed by atoms with Gasteiger partial charge in [-0.2, -0.15) is 4.73 Å². The first kappa shape index (κ1) is 13.7. The number of benzene rings is 2. The number of rotatable bonds is 1. The molecule has 0 radical (unpaired) electrons. The van der Waals surface area contributed by atoms with Crippen LogP contribution in [-0.4, -0.2) is 0 Å². The molecule has 0 aliphatic rings. The zero-order valence-electron chi connectivity index (χ0n) is 10.6. The van der Waals surface area contributed by atoms with Crippen LogP contribution in [0.5, 0.6) is 0 Å². The maximum atomic E-state index is 12.6. The highest BCUT2D eigenvalue weighted by Gasteiger charge is 2.28. The summed E-state index contributed by atoms with van der Waals surface area (Å²) in [6, 6.07) is 11.2. The van der Waals surface area contributed by atoms with Gasteiger partial charge in [0.15, 0.2) is 0 Å². The monoisotopic (exact) mass is 321 g/mol. The predicted octanol–water partition coefficient (Wildman–Crippen LogP) is 2.66. The summed E-state index contributed by atoms with van der Waals surface area (Å²) in [6.45, 7) is 0. The van der Waals surface area contributed by atoms with E-state index in [0.717, 1.165) is 0 Å². The lowest BCUT2D eigenvalue weighted by molar-refractivity contribution is -0.609. The molecule has 0 fully saturated rings. The van der Waals surface area contributed by atoms with E-state index in [9.17, 15) is 10.4 Å². The molecule has 1 aromatic heterocycles. The maximum absolute atomic E-state index is 12.6. The van der Waals surface area contributed by atoms with E-state index < -0.39 is 0 Å². The van der Waals surface area contributed by atoms with E-state index in [4.69, 9.17) is 28.9 Å². The number of fused-ring (bicyclic) bond motifs is 1. The highest BCUT2D eigenvalue weighted by atomic mass is 35.5. The smallest absolute Gasteiger partial charge is 0.351 e. The van der Waals surface area contributed by atoms with Gasteiger partial charge in [0.25, 0.3) is 5.52 Å².